The molecule has 0 saturated carbocycles. The second-order valence-electron chi connectivity index (χ2n) is 12.3. The van der Waals surface area contributed by atoms with Crippen molar-refractivity contribution in [3.8, 4) is 0 Å². The fourth-order valence-electron chi connectivity index (χ4n) is 6.70. The highest BCUT2D eigenvalue weighted by Crippen LogP contribution is 2.50. The topological polar surface area (TPSA) is 75.7 Å². The van der Waals surface area contributed by atoms with E-state index in [1.165, 1.54) is 42.0 Å². The summed E-state index contributed by atoms with van der Waals surface area (Å²) in [6, 6.07) is 21.5. The fraction of sp³-hybridized carbons (Fsp3) is 0.211. The molecule has 0 fully saturated rings. The van der Waals surface area contributed by atoms with Crippen LogP contribution in [0.25, 0.3) is 45.3 Å². The molecule has 0 aliphatic carbocycles. The number of rotatable bonds is 4. The van der Waals surface area contributed by atoms with Crippen molar-refractivity contribution in [2.24, 2.45) is 28.2 Å². The monoisotopic (exact) mass is 698 g/mol. The Bertz CT molecular complexity index is 2500. The number of imidazole rings is 2. The van der Waals surface area contributed by atoms with Gasteiger partial charge in [-0.1, -0.05) is 76.0 Å². The van der Waals surface area contributed by atoms with Crippen LogP contribution in [-0.4, -0.2) is 42.2 Å². The number of fused-ring (bicyclic) bond motifs is 6. The smallest absolute Gasteiger partial charge is 0.291 e. The average molecular weight is 699 g/mol. The maximum Gasteiger partial charge on any atom is 0.291 e. The van der Waals surface area contributed by atoms with Crippen LogP contribution in [-0.2, 0) is 28.2 Å². The molecule has 0 spiro atoms. The largest absolute Gasteiger partial charge is 0.335 e. The standard InChI is InChI=1S/C21H20N5S.C17H18N5S/c1-4-26-18(11-16-20-21(23-13-24(20)2)25(3)12-22-16)27-17-10-9-14-7-5-6-8-15(14)19(17)26;1-4-22-13-7-5-6-8-14(13)23-15(22)9-12-16-17(19-11-20(16)2)21(3)10-18-12/h5-13H,4H2,1-3H3;5-11H,4H2,1-3H3/q2*+1. The zero-order chi connectivity index (χ0) is 34.5. The van der Waals surface area contributed by atoms with E-state index in [1.54, 1.807) is 11.8 Å². The van der Waals surface area contributed by atoms with Crippen molar-refractivity contribution < 1.29 is 9.13 Å². The molecule has 7 aromatic rings. The number of nitrogens with zero attached hydrogens (tertiary/aromatic N) is 10. The van der Waals surface area contributed by atoms with Crippen LogP contribution in [0.2, 0.25) is 0 Å². The van der Waals surface area contributed by atoms with E-state index in [4.69, 9.17) is 0 Å². The Morgan fingerprint density at radius 1 is 0.640 bits per heavy atom. The molecule has 2 aliphatic heterocycles. The average Bonchev–Trinajstić information content (AvgIpc) is 3.90. The van der Waals surface area contributed by atoms with Gasteiger partial charge in [-0.05, 0) is 37.4 Å². The summed E-state index contributed by atoms with van der Waals surface area (Å²) in [6.07, 6.45) is 11.7. The lowest BCUT2D eigenvalue weighted by molar-refractivity contribution is -0.650. The summed E-state index contributed by atoms with van der Waals surface area (Å²) in [5.74, 6) is 0. The first-order valence-electron chi connectivity index (χ1n) is 16.6. The molecule has 50 heavy (non-hydrogen) atoms. The van der Waals surface area contributed by atoms with Gasteiger partial charge in [0.1, 0.15) is 0 Å². The minimum atomic E-state index is 0.912. The number of hydrogen-bond acceptors (Lipinski definition) is 8. The number of thioether (sulfide) groups is 2. The molecule has 0 bridgehead atoms. The van der Waals surface area contributed by atoms with Gasteiger partial charge in [-0.3, -0.25) is 0 Å². The first kappa shape index (κ1) is 32.0. The Morgan fingerprint density at radius 3 is 1.84 bits per heavy atom. The van der Waals surface area contributed by atoms with Gasteiger partial charge in [-0.15, -0.1) is 9.97 Å². The van der Waals surface area contributed by atoms with Crippen LogP contribution in [0.5, 0.6) is 0 Å². The predicted molar refractivity (Wildman–Crippen MR) is 203 cm³/mol. The van der Waals surface area contributed by atoms with Gasteiger partial charge >= 0.3 is 0 Å². The third kappa shape index (κ3) is 5.39. The zero-order valence-electron chi connectivity index (χ0n) is 28.9. The van der Waals surface area contributed by atoms with Gasteiger partial charge in [0, 0.05) is 54.5 Å². The van der Waals surface area contributed by atoms with Crippen molar-refractivity contribution in [3.05, 3.63) is 107 Å². The van der Waals surface area contributed by atoms with Crippen LogP contribution in [0.15, 0.2) is 106 Å². The zero-order valence-corrected chi connectivity index (χ0v) is 30.6. The molecule has 12 heteroatoms. The Kier molecular flexibility index (Phi) is 8.28. The Morgan fingerprint density at radius 2 is 1.20 bits per heavy atom. The Hall–Kier alpha value is -5.20. The van der Waals surface area contributed by atoms with Crippen LogP contribution in [0.4, 0.5) is 11.4 Å². The predicted octanol–water partition coefficient (Wildman–Crippen LogP) is 6.60. The number of hydrogen-bond donors (Lipinski definition) is 0. The van der Waals surface area contributed by atoms with Crippen molar-refractivity contribution in [1.82, 2.24) is 29.1 Å². The fourth-order valence-corrected chi connectivity index (χ4v) is 9.04. The van der Waals surface area contributed by atoms with Crippen LogP contribution in [0.3, 0.4) is 0 Å². The van der Waals surface area contributed by atoms with E-state index in [2.05, 4.69) is 116 Å². The molecule has 0 unspecified atom stereocenters. The van der Waals surface area contributed by atoms with Gasteiger partial charge in [0.15, 0.2) is 35.1 Å². The summed E-state index contributed by atoms with van der Waals surface area (Å²) in [6.45, 7) is 6.22. The Labute approximate surface area is 299 Å². The summed E-state index contributed by atoms with van der Waals surface area (Å²) >= 11 is 3.61. The molecule has 0 N–H and O–H groups in total. The van der Waals surface area contributed by atoms with Crippen LogP contribution < -0.4 is 18.9 Å². The lowest BCUT2D eigenvalue weighted by Crippen LogP contribution is -2.30. The number of aryl methyl sites for hydroxylation is 4. The second-order valence-corrected chi connectivity index (χ2v) is 14.4. The lowest BCUT2D eigenvalue weighted by Gasteiger charge is -2.19. The van der Waals surface area contributed by atoms with Crippen molar-refractivity contribution in [1.29, 1.82) is 0 Å². The van der Waals surface area contributed by atoms with E-state index in [9.17, 15) is 0 Å². The van der Waals surface area contributed by atoms with Crippen molar-refractivity contribution in [2.45, 2.75) is 23.6 Å². The molecular formula is C38H38N10S2+2. The van der Waals surface area contributed by atoms with Crippen LogP contribution >= 0.6 is 23.5 Å². The molecule has 4 aromatic heterocycles. The SMILES string of the molecule is CCN1C(=Cc2nc[n+](C)c3ncn(C)c23)Sc2ccc3ccccc3c21.CCN1C(=Cc2nc[n+](C)c3ncn(C)c23)Sc2ccccc21. The minimum absolute atomic E-state index is 0.912. The maximum atomic E-state index is 4.68. The number of para-hydroxylation sites is 1. The quantitative estimate of drug-likeness (QED) is 0.191. The van der Waals surface area contributed by atoms with Gasteiger partial charge in [0.25, 0.3) is 11.3 Å². The highest BCUT2D eigenvalue weighted by Gasteiger charge is 2.28. The molecule has 3 aromatic carbocycles. The van der Waals surface area contributed by atoms with Crippen molar-refractivity contribution in [2.75, 3.05) is 22.9 Å². The van der Waals surface area contributed by atoms with Gasteiger partial charge in [0.2, 0.25) is 12.7 Å². The van der Waals surface area contributed by atoms with Gasteiger partial charge < -0.3 is 18.9 Å². The Balaban J connectivity index is 0.000000146. The molecule has 0 radical (unpaired) electrons. The third-order valence-electron chi connectivity index (χ3n) is 9.13. The van der Waals surface area contributed by atoms with Crippen LogP contribution in [0, 0.1) is 0 Å². The highest BCUT2D eigenvalue weighted by molar-refractivity contribution is 8.04. The molecule has 9 rings (SSSR count). The minimum Gasteiger partial charge on any atom is -0.335 e. The number of anilines is 2. The molecule has 0 amide bonds. The van der Waals surface area contributed by atoms with E-state index in [0.717, 1.165) is 46.8 Å². The van der Waals surface area contributed by atoms with Crippen molar-refractivity contribution in [3.63, 3.8) is 0 Å². The van der Waals surface area contributed by atoms with E-state index >= 15 is 0 Å². The summed E-state index contributed by atoms with van der Waals surface area (Å²) in [5.41, 5.74) is 8.45. The van der Waals surface area contributed by atoms with Gasteiger partial charge in [0.05, 0.1) is 35.5 Å². The molecule has 6 heterocycles. The first-order valence-corrected chi connectivity index (χ1v) is 18.3. The van der Waals surface area contributed by atoms with E-state index in [0.29, 0.717) is 0 Å². The summed E-state index contributed by atoms with van der Waals surface area (Å²) in [7, 11) is 7.97. The summed E-state index contributed by atoms with van der Waals surface area (Å²) < 4.78 is 7.97. The van der Waals surface area contributed by atoms with Crippen molar-refractivity contribution >= 4 is 80.2 Å². The van der Waals surface area contributed by atoms with Crippen LogP contribution in [0.1, 0.15) is 25.2 Å². The first-order chi connectivity index (χ1) is 24.4. The summed E-state index contributed by atoms with van der Waals surface area (Å²) in [5, 5.41) is 4.98. The molecular weight excluding hydrogens is 661 g/mol. The molecule has 0 saturated heterocycles. The maximum absolute atomic E-state index is 4.68. The molecule has 2 aliphatic rings. The highest BCUT2D eigenvalue weighted by atomic mass is 32.2. The van der Waals surface area contributed by atoms with E-state index < -0.39 is 0 Å². The van der Waals surface area contributed by atoms with E-state index in [1.807, 2.05) is 83.5 Å². The molecule has 250 valence electrons. The number of benzene rings is 3. The molecule has 10 nitrogen and oxygen atoms in total. The second kappa shape index (κ2) is 12.9. The lowest BCUT2D eigenvalue weighted by atomic mass is 10.1. The number of aromatic nitrogens is 8. The summed E-state index contributed by atoms with van der Waals surface area (Å²) in [4.78, 5) is 25.6. The van der Waals surface area contributed by atoms with E-state index in [-0.39, 0.29) is 0 Å². The third-order valence-corrected chi connectivity index (χ3v) is 11.3. The normalized spacial score (nSPS) is 15.4. The van der Waals surface area contributed by atoms with Gasteiger partial charge in [-0.25, -0.2) is 9.13 Å². The molecule has 0 atom stereocenters. The van der Waals surface area contributed by atoms with Gasteiger partial charge in [-0.2, -0.15) is 0 Å².